The minimum absolute atomic E-state index is 0.326. The first-order valence-electron chi connectivity index (χ1n) is 8.69. The molecule has 140 valence electrons. The van der Waals surface area contributed by atoms with Crippen LogP contribution in [0.4, 0.5) is 8.78 Å². The maximum Gasteiger partial charge on any atom is 0.246 e. The van der Waals surface area contributed by atoms with Gasteiger partial charge in [0.25, 0.3) is 0 Å². The molecule has 0 unspecified atom stereocenters. The first-order valence-corrected chi connectivity index (χ1v) is 11.0. The third-order valence-corrected chi connectivity index (χ3v) is 8.22. The number of halogens is 2. The van der Waals surface area contributed by atoms with E-state index in [-0.39, 0.29) is 0 Å². The summed E-state index contributed by atoms with van der Waals surface area (Å²) in [5, 5.41) is 2.12. The van der Waals surface area contributed by atoms with E-state index in [4.69, 9.17) is 0 Å². The number of rotatable bonds is 3. The van der Waals surface area contributed by atoms with Gasteiger partial charge >= 0.3 is 0 Å². The molecule has 8 heteroatoms. The molecule has 0 saturated carbocycles. The van der Waals surface area contributed by atoms with Gasteiger partial charge in [-0.3, -0.25) is 4.90 Å². The van der Waals surface area contributed by atoms with Gasteiger partial charge in [-0.2, -0.15) is 4.31 Å². The molecule has 3 heterocycles. The van der Waals surface area contributed by atoms with Crippen molar-refractivity contribution in [2.24, 2.45) is 0 Å². The monoisotopic (exact) mass is 398 g/mol. The van der Waals surface area contributed by atoms with Crippen LogP contribution in [0.1, 0.15) is 23.3 Å². The summed E-state index contributed by atoms with van der Waals surface area (Å²) in [6, 6.07) is 5.04. The summed E-state index contributed by atoms with van der Waals surface area (Å²) in [4.78, 5) is 3.29. The molecule has 4 nitrogen and oxygen atoms in total. The van der Waals surface area contributed by atoms with Crippen molar-refractivity contribution in [2.45, 2.75) is 36.7 Å². The lowest BCUT2D eigenvalue weighted by Gasteiger charge is -2.39. The molecule has 26 heavy (non-hydrogen) atoms. The lowest BCUT2D eigenvalue weighted by Crippen LogP contribution is -2.47. The summed E-state index contributed by atoms with van der Waals surface area (Å²) in [6.45, 7) is 2.56. The molecule has 1 fully saturated rings. The average Bonchev–Trinajstić information content (AvgIpc) is 3.11. The van der Waals surface area contributed by atoms with E-state index < -0.39 is 26.6 Å². The summed E-state index contributed by atoms with van der Waals surface area (Å²) in [7, 11) is -4.01. The van der Waals surface area contributed by atoms with Gasteiger partial charge in [0.05, 0.1) is 0 Å². The van der Waals surface area contributed by atoms with Gasteiger partial charge in [0.1, 0.15) is 16.5 Å². The van der Waals surface area contributed by atoms with Crippen LogP contribution in [-0.2, 0) is 23.0 Å². The molecule has 1 saturated heterocycles. The standard InChI is InChI=1S/C18H20F2N2O2S2/c19-14-1-2-16(20)18(11-14)26(23,24)22-8-3-15(4-9-22)21-7-5-17-13(12-21)6-10-25-17/h1-2,6,10-11,15H,3-5,7-9,12H2. The summed E-state index contributed by atoms with van der Waals surface area (Å²) in [5.41, 5.74) is 1.37. The van der Waals surface area contributed by atoms with Crippen molar-refractivity contribution in [1.29, 1.82) is 0 Å². The highest BCUT2D eigenvalue weighted by Gasteiger charge is 2.34. The second-order valence-corrected chi connectivity index (χ2v) is 9.71. The molecule has 0 N–H and O–H groups in total. The van der Waals surface area contributed by atoms with E-state index in [1.54, 1.807) is 11.3 Å². The summed E-state index contributed by atoms with van der Waals surface area (Å²) < 4.78 is 53.9. The largest absolute Gasteiger partial charge is 0.296 e. The van der Waals surface area contributed by atoms with Gasteiger partial charge in [-0.05, 0) is 54.5 Å². The minimum atomic E-state index is -4.01. The summed E-state index contributed by atoms with van der Waals surface area (Å²) in [6.07, 6.45) is 2.45. The zero-order chi connectivity index (χ0) is 18.3. The van der Waals surface area contributed by atoms with Crippen molar-refractivity contribution in [2.75, 3.05) is 19.6 Å². The van der Waals surface area contributed by atoms with Crippen LogP contribution in [0.2, 0.25) is 0 Å². The van der Waals surface area contributed by atoms with Gasteiger partial charge in [0, 0.05) is 37.1 Å². The Kier molecular flexibility index (Phi) is 4.85. The number of nitrogens with zero attached hydrogens (tertiary/aromatic N) is 2. The molecule has 0 radical (unpaired) electrons. The number of piperidine rings is 1. The van der Waals surface area contributed by atoms with Gasteiger partial charge in [0.15, 0.2) is 0 Å². The van der Waals surface area contributed by atoms with Crippen molar-refractivity contribution in [1.82, 2.24) is 9.21 Å². The first-order chi connectivity index (χ1) is 12.4. The van der Waals surface area contributed by atoms with Crippen molar-refractivity contribution in [3.05, 3.63) is 51.7 Å². The Balaban J connectivity index is 1.44. The van der Waals surface area contributed by atoms with E-state index in [1.807, 2.05) is 0 Å². The van der Waals surface area contributed by atoms with E-state index in [9.17, 15) is 17.2 Å². The zero-order valence-electron chi connectivity index (χ0n) is 14.2. The Bertz CT molecular complexity index is 906. The normalized spacial score (nSPS) is 20.2. The lowest BCUT2D eigenvalue weighted by atomic mass is 10.0. The third kappa shape index (κ3) is 3.31. The molecule has 0 aliphatic carbocycles. The smallest absolute Gasteiger partial charge is 0.246 e. The van der Waals surface area contributed by atoms with Gasteiger partial charge in [0.2, 0.25) is 10.0 Å². The van der Waals surface area contributed by atoms with Gasteiger partial charge in [-0.25, -0.2) is 17.2 Å². The van der Waals surface area contributed by atoms with Gasteiger partial charge < -0.3 is 0 Å². The van der Waals surface area contributed by atoms with Crippen molar-refractivity contribution >= 4 is 21.4 Å². The van der Waals surface area contributed by atoms with Crippen LogP contribution in [0.5, 0.6) is 0 Å². The molecular formula is C18H20F2N2O2S2. The SMILES string of the molecule is O=S(=O)(c1cc(F)ccc1F)N1CCC(N2CCc3sccc3C2)CC1. The quantitative estimate of drug-likeness (QED) is 0.797. The second-order valence-electron chi connectivity index (χ2n) is 6.80. The molecule has 1 aromatic heterocycles. The zero-order valence-corrected chi connectivity index (χ0v) is 15.8. The van der Waals surface area contributed by atoms with Crippen LogP contribution in [-0.4, -0.2) is 43.3 Å². The molecule has 2 aliphatic rings. The Morgan fingerprint density at radius 1 is 1.08 bits per heavy atom. The topological polar surface area (TPSA) is 40.6 Å². The Labute approximate surface area is 156 Å². The molecule has 0 amide bonds. The Morgan fingerprint density at radius 3 is 2.62 bits per heavy atom. The third-order valence-electron chi connectivity index (χ3n) is 5.29. The number of benzene rings is 1. The number of sulfonamides is 1. The Morgan fingerprint density at radius 2 is 1.85 bits per heavy atom. The molecule has 2 aromatic rings. The fraction of sp³-hybridized carbons (Fsp3) is 0.444. The molecule has 0 atom stereocenters. The maximum atomic E-state index is 13.9. The lowest BCUT2D eigenvalue weighted by molar-refractivity contribution is 0.127. The predicted molar refractivity (Wildman–Crippen MR) is 96.6 cm³/mol. The summed E-state index contributed by atoms with van der Waals surface area (Å²) >= 11 is 1.80. The van der Waals surface area contributed by atoms with Crippen LogP contribution in [0.15, 0.2) is 34.5 Å². The van der Waals surface area contributed by atoms with Crippen LogP contribution in [0.25, 0.3) is 0 Å². The van der Waals surface area contributed by atoms with E-state index in [0.717, 1.165) is 37.7 Å². The number of thiophene rings is 1. The van der Waals surface area contributed by atoms with Crippen LogP contribution in [0.3, 0.4) is 0 Å². The number of hydrogen-bond donors (Lipinski definition) is 0. The van der Waals surface area contributed by atoms with Crippen LogP contribution < -0.4 is 0 Å². The number of fused-ring (bicyclic) bond motifs is 1. The van der Waals surface area contributed by atoms with E-state index >= 15 is 0 Å². The van der Waals surface area contributed by atoms with E-state index in [1.165, 1.54) is 14.7 Å². The highest BCUT2D eigenvalue weighted by Crippen LogP contribution is 2.30. The predicted octanol–water partition coefficient (Wildman–Crippen LogP) is 3.24. The van der Waals surface area contributed by atoms with Crippen LogP contribution >= 0.6 is 11.3 Å². The molecular weight excluding hydrogens is 378 g/mol. The average molecular weight is 399 g/mol. The number of hydrogen-bond acceptors (Lipinski definition) is 4. The first kappa shape index (κ1) is 18.0. The van der Waals surface area contributed by atoms with E-state index in [2.05, 4.69) is 16.3 Å². The molecule has 0 spiro atoms. The highest BCUT2D eigenvalue weighted by atomic mass is 32.2. The van der Waals surface area contributed by atoms with Gasteiger partial charge in [-0.15, -0.1) is 11.3 Å². The maximum absolute atomic E-state index is 13.9. The summed E-state index contributed by atoms with van der Waals surface area (Å²) in [5.74, 6) is -1.66. The Hall–Kier alpha value is -1.35. The highest BCUT2D eigenvalue weighted by molar-refractivity contribution is 7.89. The van der Waals surface area contributed by atoms with Gasteiger partial charge in [-0.1, -0.05) is 0 Å². The molecule has 4 rings (SSSR count). The van der Waals surface area contributed by atoms with Crippen molar-refractivity contribution < 1.29 is 17.2 Å². The van der Waals surface area contributed by atoms with E-state index in [0.29, 0.717) is 32.0 Å². The second kappa shape index (κ2) is 6.99. The van der Waals surface area contributed by atoms with Crippen LogP contribution in [0, 0.1) is 11.6 Å². The molecule has 2 aliphatic heterocycles. The molecule has 1 aromatic carbocycles. The fourth-order valence-electron chi connectivity index (χ4n) is 3.84. The van der Waals surface area contributed by atoms with Crippen molar-refractivity contribution in [3.63, 3.8) is 0 Å². The van der Waals surface area contributed by atoms with Crippen molar-refractivity contribution in [3.8, 4) is 0 Å². The fourth-order valence-corrected chi connectivity index (χ4v) is 6.28. The minimum Gasteiger partial charge on any atom is -0.296 e. The molecule has 0 bridgehead atoms.